The lowest BCUT2D eigenvalue weighted by Gasteiger charge is -2.41. The molecule has 4 rings (SSSR count). The second kappa shape index (κ2) is 9.96. The highest BCUT2D eigenvalue weighted by Crippen LogP contribution is 2.35. The summed E-state index contributed by atoms with van der Waals surface area (Å²) < 4.78 is 5.25. The lowest BCUT2D eigenvalue weighted by molar-refractivity contribution is -0.134. The largest absolute Gasteiger partial charge is 0.497 e. The van der Waals surface area contributed by atoms with Crippen LogP contribution in [-0.4, -0.2) is 43.0 Å². The third-order valence-corrected chi connectivity index (χ3v) is 6.41. The quantitative estimate of drug-likeness (QED) is 0.607. The minimum Gasteiger partial charge on any atom is -0.497 e. The summed E-state index contributed by atoms with van der Waals surface area (Å²) in [6.07, 6.45) is 6.35. The number of methoxy groups -OCH3 is 1. The number of nitrogens with zero attached hydrogens (tertiary/aromatic N) is 2. The van der Waals surface area contributed by atoms with Gasteiger partial charge < -0.3 is 10.1 Å². The molecule has 2 aromatic carbocycles. The van der Waals surface area contributed by atoms with Gasteiger partial charge in [0.15, 0.2) is 0 Å². The fourth-order valence-electron chi connectivity index (χ4n) is 4.78. The molecule has 0 radical (unpaired) electrons. The summed E-state index contributed by atoms with van der Waals surface area (Å²) in [4.78, 5) is 19.7. The Kier molecular flexibility index (Phi) is 6.86. The molecule has 3 aromatic rings. The van der Waals surface area contributed by atoms with Crippen LogP contribution in [0.1, 0.15) is 24.0 Å². The fourth-order valence-corrected chi connectivity index (χ4v) is 4.78. The van der Waals surface area contributed by atoms with E-state index in [4.69, 9.17) is 4.74 Å². The van der Waals surface area contributed by atoms with E-state index in [0.29, 0.717) is 0 Å². The van der Waals surface area contributed by atoms with Crippen LogP contribution < -0.4 is 10.1 Å². The van der Waals surface area contributed by atoms with Gasteiger partial charge in [-0.25, -0.2) is 0 Å². The number of ether oxygens (including phenoxy) is 1. The summed E-state index contributed by atoms with van der Waals surface area (Å²) in [6.45, 7) is 2.58. The number of carbonyl (C=O) groups excluding carboxylic acids is 1. The molecule has 5 nitrogen and oxygen atoms in total. The van der Waals surface area contributed by atoms with Crippen LogP contribution in [-0.2, 0) is 17.8 Å². The van der Waals surface area contributed by atoms with Crippen molar-refractivity contribution in [2.75, 3.05) is 27.2 Å². The van der Waals surface area contributed by atoms with Gasteiger partial charge >= 0.3 is 0 Å². The maximum Gasteiger partial charge on any atom is 0.227 e. The van der Waals surface area contributed by atoms with Gasteiger partial charge in [-0.05, 0) is 66.3 Å². The Balaban J connectivity index is 1.51. The number of benzene rings is 2. The second-order valence-corrected chi connectivity index (χ2v) is 8.64. The van der Waals surface area contributed by atoms with Crippen molar-refractivity contribution in [3.8, 4) is 16.9 Å². The van der Waals surface area contributed by atoms with E-state index in [1.54, 1.807) is 20.4 Å². The van der Waals surface area contributed by atoms with Gasteiger partial charge in [0, 0.05) is 32.5 Å². The van der Waals surface area contributed by atoms with Gasteiger partial charge in [-0.3, -0.25) is 14.7 Å². The van der Waals surface area contributed by atoms with Gasteiger partial charge in [0.2, 0.25) is 5.91 Å². The van der Waals surface area contributed by atoms with E-state index in [2.05, 4.69) is 57.7 Å². The molecule has 32 heavy (non-hydrogen) atoms. The number of rotatable bonds is 7. The highest BCUT2D eigenvalue weighted by atomic mass is 16.5. The van der Waals surface area contributed by atoms with Gasteiger partial charge in [0.25, 0.3) is 0 Å². The maximum absolute atomic E-state index is 13.1. The Morgan fingerprint density at radius 3 is 2.41 bits per heavy atom. The summed E-state index contributed by atoms with van der Waals surface area (Å²) in [5.41, 5.74) is 4.26. The fraction of sp³-hybridized carbons (Fsp3) is 0.333. The molecule has 0 saturated carbocycles. The number of aromatic nitrogens is 1. The predicted molar refractivity (Wildman–Crippen MR) is 127 cm³/mol. The topological polar surface area (TPSA) is 54.5 Å². The van der Waals surface area contributed by atoms with Crippen LogP contribution in [0, 0.1) is 5.41 Å². The lowest BCUT2D eigenvalue weighted by Crippen LogP contribution is -2.52. The van der Waals surface area contributed by atoms with E-state index in [-0.39, 0.29) is 5.91 Å². The van der Waals surface area contributed by atoms with E-state index >= 15 is 0 Å². The highest BCUT2D eigenvalue weighted by Gasteiger charge is 2.41. The number of amides is 1. The molecule has 1 amide bonds. The Morgan fingerprint density at radius 2 is 1.78 bits per heavy atom. The monoisotopic (exact) mass is 429 g/mol. The second-order valence-electron chi connectivity index (χ2n) is 8.64. The first-order valence-corrected chi connectivity index (χ1v) is 11.2. The molecule has 5 heteroatoms. The normalized spacial score (nSPS) is 18.8. The molecule has 1 saturated heterocycles. The van der Waals surface area contributed by atoms with E-state index in [1.165, 1.54) is 11.1 Å². The Morgan fingerprint density at radius 1 is 1.06 bits per heavy atom. The van der Waals surface area contributed by atoms with E-state index in [0.717, 1.165) is 55.8 Å². The predicted octanol–water partition coefficient (Wildman–Crippen LogP) is 4.33. The van der Waals surface area contributed by atoms with Crippen molar-refractivity contribution in [1.82, 2.24) is 15.2 Å². The van der Waals surface area contributed by atoms with Gasteiger partial charge in [-0.2, -0.15) is 0 Å². The highest BCUT2D eigenvalue weighted by molar-refractivity contribution is 5.83. The molecule has 1 N–H and O–H groups in total. The average molecular weight is 430 g/mol. The zero-order valence-corrected chi connectivity index (χ0v) is 18.9. The summed E-state index contributed by atoms with van der Waals surface area (Å²) in [5.74, 6) is 0.985. The summed E-state index contributed by atoms with van der Waals surface area (Å²) in [7, 11) is 3.42. The average Bonchev–Trinajstić information content (AvgIpc) is 2.85. The number of hydrogen-bond acceptors (Lipinski definition) is 4. The maximum atomic E-state index is 13.1. The molecule has 1 fully saturated rings. The van der Waals surface area contributed by atoms with Crippen LogP contribution in [0.4, 0.5) is 0 Å². The Labute approximate surface area is 190 Å². The summed E-state index contributed by atoms with van der Waals surface area (Å²) in [6, 6.07) is 20.8. The standard InChI is InChI=1S/C27H31N3O2/c1-28-26(31)27(14-4-16-30(20-27)19-22-5-3-15-29-18-22)17-21-6-8-23(9-7-21)24-10-12-25(32-2)13-11-24/h3,5-13,15,18H,4,14,16-17,19-20H2,1-2H3,(H,28,31)/t27-/m1/s1. The molecule has 0 bridgehead atoms. The van der Waals surface area contributed by atoms with Gasteiger partial charge in [0.1, 0.15) is 5.75 Å². The van der Waals surface area contributed by atoms with Crippen molar-refractivity contribution in [3.05, 3.63) is 84.2 Å². The molecule has 1 aromatic heterocycles. The van der Waals surface area contributed by atoms with Crippen LogP contribution >= 0.6 is 0 Å². The van der Waals surface area contributed by atoms with Crippen molar-refractivity contribution in [2.24, 2.45) is 5.41 Å². The molecular weight excluding hydrogens is 398 g/mol. The number of pyridine rings is 1. The van der Waals surface area contributed by atoms with Crippen molar-refractivity contribution in [1.29, 1.82) is 0 Å². The van der Waals surface area contributed by atoms with E-state index in [9.17, 15) is 4.79 Å². The minimum atomic E-state index is -0.420. The first kappa shape index (κ1) is 22.0. The molecule has 0 spiro atoms. The number of likely N-dealkylation sites (tertiary alicyclic amines) is 1. The number of hydrogen-bond donors (Lipinski definition) is 1. The molecule has 1 aliphatic rings. The van der Waals surface area contributed by atoms with E-state index < -0.39 is 5.41 Å². The Hall–Kier alpha value is -3.18. The van der Waals surface area contributed by atoms with E-state index in [1.807, 2.05) is 24.4 Å². The molecule has 2 heterocycles. The Bertz CT molecular complexity index is 1020. The van der Waals surface area contributed by atoms with Crippen molar-refractivity contribution in [3.63, 3.8) is 0 Å². The van der Waals surface area contributed by atoms with Gasteiger partial charge in [0.05, 0.1) is 12.5 Å². The first-order chi connectivity index (χ1) is 15.6. The smallest absolute Gasteiger partial charge is 0.227 e. The SMILES string of the molecule is CNC(=O)[C@@]1(Cc2ccc(-c3ccc(OC)cc3)cc2)CCCN(Cc2cccnc2)C1. The van der Waals surface area contributed by atoms with Crippen molar-refractivity contribution < 1.29 is 9.53 Å². The number of piperidine rings is 1. The van der Waals surface area contributed by atoms with Gasteiger partial charge in [-0.1, -0.05) is 42.5 Å². The molecule has 1 atom stereocenters. The van der Waals surface area contributed by atoms with Crippen LogP contribution in [0.5, 0.6) is 5.75 Å². The minimum absolute atomic E-state index is 0.132. The molecule has 1 aliphatic heterocycles. The van der Waals surface area contributed by atoms with Gasteiger partial charge in [-0.15, -0.1) is 0 Å². The summed E-state index contributed by atoms with van der Waals surface area (Å²) in [5, 5.41) is 2.94. The van der Waals surface area contributed by atoms with Crippen molar-refractivity contribution in [2.45, 2.75) is 25.8 Å². The van der Waals surface area contributed by atoms with Crippen LogP contribution in [0.15, 0.2) is 73.1 Å². The first-order valence-electron chi connectivity index (χ1n) is 11.2. The molecule has 166 valence electrons. The molecule has 0 unspecified atom stereocenters. The van der Waals surface area contributed by atoms with Crippen LogP contribution in [0.2, 0.25) is 0 Å². The van der Waals surface area contributed by atoms with Crippen LogP contribution in [0.25, 0.3) is 11.1 Å². The zero-order chi connectivity index (χ0) is 22.4. The number of nitrogens with one attached hydrogen (secondary N) is 1. The number of carbonyl (C=O) groups is 1. The lowest BCUT2D eigenvalue weighted by atomic mass is 9.74. The third kappa shape index (κ3) is 5.00. The van der Waals surface area contributed by atoms with Crippen molar-refractivity contribution >= 4 is 5.91 Å². The zero-order valence-electron chi connectivity index (χ0n) is 18.9. The molecular formula is C27H31N3O2. The molecule has 0 aliphatic carbocycles. The summed E-state index contributed by atoms with van der Waals surface area (Å²) >= 11 is 0. The van der Waals surface area contributed by atoms with Crippen LogP contribution in [0.3, 0.4) is 0 Å². The third-order valence-electron chi connectivity index (χ3n) is 6.41.